The third-order valence-electron chi connectivity index (χ3n) is 2.84. The molecule has 0 heteroatoms. The van der Waals surface area contributed by atoms with Crippen molar-refractivity contribution < 1.29 is 0 Å². The second-order valence-corrected chi connectivity index (χ2v) is 3.94. The van der Waals surface area contributed by atoms with Crippen LogP contribution < -0.4 is 0 Å². The predicted octanol–water partition coefficient (Wildman–Crippen LogP) is 4.26. The molecule has 0 N–H and O–H groups in total. The van der Waals surface area contributed by atoms with E-state index in [1.807, 2.05) is 6.08 Å². The van der Waals surface area contributed by atoms with Crippen molar-refractivity contribution in [2.75, 3.05) is 0 Å². The quantitative estimate of drug-likeness (QED) is 0.590. The molecule has 0 bridgehead atoms. The van der Waals surface area contributed by atoms with Gasteiger partial charge < -0.3 is 0 Å². The Morgan fingerprint density at radius 2 is 1.85 bits per heavy atom. The summed E-state index contributed by atoms with van der Waals surface area (Å²) >= 11 is 0. The average molecular weight is 176 g/mol. The Kier molecular flexibility index (Phi) is 4.01. The maximum Gasteiger partial charge on any atom is -0.0274 e. The first kappa shape index (κ1) is 10.3. The normalized spacial score (nSPS) is 24.9. The fourth-order valence-corrected chi connectivity index (χ4v) is 1.89. The Balaban J connectivity index is 2.80. The van der Waals surface area contributed by atoms with Gasteiger partial charge in [-0.25, -0.2) is 0 Å². The van der Waals surface area contributed by atoms with Crippen molar-refractivity contribution >= 4 is 0 Å². The molecule has 1 rings (SSSR count). The molecule has 0 spiro atoms. The van der Waals surface area contributed by atoms with Gasteiger partial charge in [-0.2, -0.15) is 0 Å². The number of allylic oxidation sites excluding steroid dienone is 5. The van der Waals surface area contributed by atoms with Gasteiger partial charge >= 0.3 is 0 Å². The van der Waals surface area contributed by atoms with Crippen LogP contribution in [0.1, 0.15) is 39.5 Å². The number of rotatable bonds is 2. The molecule has 72 valence electrons. The van der Waals surface area contributed by atoms with Crippen LogP contribution in [0.2, 0.25) is 0 Å². The standard InChI is InChI=1S/C13H20/c1-4-6-13-10-8-11(3)7-9-12(13)5-2/h4-6,11H,2,7-10H2,1,3H3. The van der Waals surface area contributed by atoms with Crippen molar-refractivity contribution in [2.45, 2.75) is 39.5 Å². The van der Waals surface area contributed by atoms with Gasteiger partial charge in [0, 0.05) is 0 Å². The van der Waals surface area contributed by atoms with Gasteiger partial charge in [0.05, 0.1) is 0 Å². The Morgan fingerprint density at radius 3 is 2.38 bits per heavy atom. The van der Waals surface area contributed by atoms with Crippen LogP contribution in [0.3, 0.4) is 0 Å². The lowest BCUT2D eigenvalue weighted by atomic mass is 10.0. The maximum atomic E-state index is 3.89. The molecule has 1 unspecified atom stereocenters. The zero-order valence-corrected chi connectivity index (χ0v) is 8.84. The molecule has 1 aliphatic rings. The van der Waals surface area contributed by atoms with Gasteiger partial charge in [-0.15, -0.1) is 0 Å². The molecule has 0 aliphatic heterocycles. The van der Waals surface area contributed by atoms with Crippen LogP contribution in [0, 0.1) is 5.92 Å². The molecule has 0 aromatic carbocycles. The van der Waals surface area contributed by atoms with Crippen molar-refractivity contribution in [2.24, 2.45) is 5.92 Å². The first-order chi connectivity index (χ1) is 6.27. The molecular formula is C13H20. The topological polar surface area (TPSA) is 0 Å². The average Bonchev–Trinajstić information content (AvgIpc) is 2.30. The van der Waals surface area contributed by atoms with Crippen molar-refractivity contribution in [3.63, 3.8) is 0 Å². The van der Waals surface area contributed by atoms with E-state index in [1.165, 1.54) is 36.8 Å². The van der Waals surface area contributed by atoms with Crippen molar-refractivity contribution in [3.05, 3.63) is 36.0 Å². The van der Waals surface area contributed by atoms with Gasteiger partial charge in [0.1, 0.15) is 0 Å². The lowest BCUT2D eigenvalue weighted by molar-refractivity contribution is 0.509. The number of hydrogen-bond acceptors (Lipinski definition) is 0. The van der Waals surface area contributed by atoms with E-state index >= 15 is 0 Å². The SMILES string of the molecule is C=CC1=C(C=CC)CCC(C)CC1. The molecule has 0 aromatic rings. The fraction of sp³-hybridized carbons (Fsp3) is 0.538. The Labute approximate surface area is 82.0 Å². The Morgan fingerprint density at radius 1 is 1.23 bits per heavy atom. The van der Waals surface area contributed by atoms with Gasteiger partial charge in [0.2, 0.25) is 0 Å². The minimum atomic E-state index is 0.873. The third-order valence-corrected chi connectivity index (χ3v) is 2.84. The largest absolute Gasteiger partial charge is 0.0988 e. The second kappa shape index (κ2) is 5.06. The molecule has 0 saturated carbocycles. The fourth-order valence-electron chi connectivity index (χ4n) is 1.89. The predicted molar refractivity (Wildman–Crippen MR) is 59.7 cm³/mol. The van der Waals surface area contributed by atoms with Crippen LogP contribution >= 0.6 is 0 Å². The summed E-state index contributed by atoms with van der Waals surface area (Å²) in [5.74, 6) is 0.873. The van der Waals surface area contributed by atoms with Crippen LogP contribution in [0.5, 0.6) is 0 Å². The summed E-state index contributed by atoms with van der Waals surface area (Å²) in [6.45, 7) is 8.32. The molecule has 0 saturated heterocycles. The Bertz CT molecular complexity index is 230. The van der Waals surface area contributed by atoms with E-state index in [2.05, 4.69) is 32.6 Å². The van der Waals surface area contributed by atoms with Crippen LogP contribution in [0.4, 0.5) is 0 Å². The summed E-state index contributed by atoms with van der Waals surface area (Å²) in [6, 6.07) is 0. The summed E-state index contributed by atoms with van der Waals surface area (Å²) < 4.78 is 0. The van der Waals surface area contributed by atoms with E-state index in [4.69, 9.17) is 0 Å². The van der Waals surface area contributed by atoms with E-state index in [9.17, 15) is 0 Å². The summed E-state index contributed by atoms with van der Waals surface area (Å²) in [6.07, 6.45) is 11.5. The van der Waals surface area contributed by atoms with Crippen molar-refractivity contribution in [1.29, 1.82) is 0 Å². The smallest absolute Gasteiger partial charge is 0.0274 e. The molecule has 13 heavy (non-hydrogen) atoms. The summed E-state index contributed by atoms with van der Waals surface area (Å²) in [5.41, 5.74) is 2.96. The summed E-state index contributed by atoms with van der Waals surface area (Å²) in [5, 5.41) is 0. The van der Waals surface area contributed by atoms with Gasteiger partial charge in [-0.1, -0.05) is 31.7 Å². The highest BCUT2D eigenvalue weighted by Gasteiger charge is 2.11. The highest BCUT2D eigenvalue weighted by atomic mass is 14.2. The van der Waals surface area contributed by atoms with Crippen LogP contribution in [0.25, 0.3) is 0 Å². The van der Waals surface area contributed by atoms with Crippen molar-refractivity contribution in [1.82, 2.24) is 0 Å². The van der Waals surface area contributed by atoms with Gasteiger partial charge in [0.15, 0.2) is 0 Å². The summed E-state index contributed by atoms with van der Waals surface area (Å²) in [4.78, 5) is 0. The summed E-state index contributed by atoms with van der Waals surface area (Å²) in [7, 11) is 0. The molecule has 0 aromatic heterocycles. The lowest BCUT2D eigenvalue weighted by Crippen LogP contribution is -1.90. The molecule has 0 nitrogen and oxygen atoms in total. The minimum Gasteiger partial charge on any atom is -0.0988 e. The highest BCUT2D eigenvalue weighted by molar-refractivity contribution is 5.33. The van der Waals surface area contributed by atoms with Gasteiger partial charge in [0.25, 0.3) is 0 Å². The highest BCUT2D eigenvalue weighted by Crippen LogP contribution is 2.28. The molecule has 0 amide bonds. The van der Waals surface area contributed by atoms with Gasteiger partial charge in [-0.05, 0) is 49.7 Å². The van der Waals surface area contributed by atoms with E-state index in [0.717, 1.165) is 5.92 Å². The minimum absolute atomic E-state index is 0.873. The lowest BCUT2D eigenvalue weighted by Gasteiger charge is -2.04. The van der Waals surface area contributed by atoms with Crippen LogP contribution in [-0.2, 0) is 0 Å². The monoisotopic (exact) mass is 176 g/mol. The van der Waals surface area contributed by atoms with Gasteiger partial charge in [-0.3, -0.25) is 0 Å². The molecular weight excluding hydrogens is 156 g/mol. The molecule has 0 fully saturated rings. The van der Waals surface area contributed by atoms with E-state index in [1.54, 1.807) is 0 Å². The van der Waals surface area contributed by atoms with Crippen molar-refractivity contribution in [3.8, 4) is 0 Å². The second-order valence-electron chi connectivity index (χ2n) is 3.94. The zero-order chi connectivity index (χ0) is 9.68. The maximum absolute atomic E-state index is 3.89. The van der Waals surface area contributed by atoms with Crippen LogP contribution in [0.15, 0.2) is 36.0 Å². The van der Waals surface area contributed by atoms with Crippen LogP contribution in [-0.4, -0.2) is 0 Å². The molecule has 0 heterocycles. The Hall–Kier alpha value is -0.780. The molecule has 1 aliphatic carbocycles. The zero-order valence-electron chi connectivity index (χ0n) is 8.84. The first-order valence-corrected chi connectivity index (χ1v) is 5.25. The van der Waals surface area contributed by atoms with E-state index < -0.39 is 0 Å². The van der Waals surface area contributed by atoms with E-state index in [0.29, 0.717) is 0 Å². The third kappa shape index (κ3) is 2.87. The van der Waals surface area contributed by atoms with E-state index in [-0.39, 0.29) is 0 Å². The molecule has 1 atom stereocenters. The number of hydrogen-bond donors (Lipinski definition) is 0. The first-order valence-electron chi connectivity index (χ1n) is 5.25. The molecule has 0 radical (unpaired) electrons.